The highest BCUT2D eigenvalue weighted by molar-refractivity contribution is 5.99. The van der Waals surface area contributed by atoms with Gasteiger partial charge in [-0.05, 0) is 61.1 Å². The number of rotatable bonds is 8. The highest BCUT2D eigenvalue weighted by Gasteiger charge is 2.32. The number of aromatic nitrogens is 2. The number of nitrogens with zero attached hydrogens (tertiary/aromatic N) is 3. The molecule has 7 heteroatoms. The van der Waals surface area contributed by atoms with E-state index in [1.807, 2.05) is 47.0 Å². The fraction of sp³-hybridized carbons (Fsp3) is 0.423. The highest BCUT2D eigenvalue weighted by Crippen LogP contribution is 2.40. The lowest BCUT2D eigenvalue weighted by Gasteiger charge is -2.39. The molecule has 0 unspecified atom stereocenters. The summed E-state index contributed by atoms with van der Waals surface area (Å²) >= 11 is 0. The van der Waals surface area contributed by atoms with Crippen LogP contribution in [0, 0.1) is 12.8 Å². The van der Waals surface area contributed by atoms with Gasteiger partial charge in [0, 0.05) is 61.9 Å². The van der Waals surface area contributed by atoms with E-state index in [4.69, 9.17) is 9.84 Å². The average molecular weight is 447 g/mol. The summed E-state index contributed by atoms with van der Waals surface area (Å²) in [5.74, 6) is 1.10. The predicted octanol–water partition coefficient (Wildman–Crippen LogP) is 3.37. The number of fused-ring (bicyclic) bond motifs is 1. The van der Waals surface area contributed by atoms with Gasteiger partial charge in [0.05, 0.1) is 12.1 Å². The van der Waals surface area contributed by atoms with E-state index >= 15 is 0 Å². The smallest absolute Gasteiger partial charge is 0.253 e. The molecule has 0 radical (unpaired) electrons. The highest BCUT2D eigenvalue weighted by atomic mass is 16.5. The Kier molecular flexibility index (Phi) is 5.89. The van der Waals surface area contributed by atoms with Gasteiger partial charge < -0.3 is 15.0 Å². The molecule has 5 rings (SSSR count). The lowest BCUT2D eigenvalue weighted by molar-refractivity contribution is 0.0462. The van der Waals surface area contributed by atoms with Gasteiger partial charge in [-0.1, -0.05) is 12.1 Å². The number of carbonyl (C=O) groups excluding carboxylic acids is 2. The molecule has 2 amide bonds. The van der Waals surface area contributed by atoms with Gasteiger partial charge in [0.1, 0.15) is 0 Å². The Balaban J connectivity index is 1.18. The molecule has 2 heterocycles. The molecule has 3 aromatic rings. The second-order valence-corrected chi connectivity index (χ2v) is 9.30. The van der Waals surface area contributed by atoms with Crippen molar-refractivity contribution in [3.63, 3.8) is 0 Å². The molecule has 1 saturated heterocycles. The number of aryl methyl sites for hydroxylation is 1. The minimum absolute atomic E-state index is 0.0995. The molecule has 7 nitrogen and oxygen atoms in total. The minimum atomic E-state index is -0.0995. The summed E-state index contributed by atoms with van der Waals surface area (Å²) in [6, 6.07) is 12.0. The largest absolute Gasteiger partial charge is 0.383 e. The van der Waals surface area contributed by atoms with E-state index < -0.39 is 0 Å². The topological polar surface area (TPSA) is 76.5 Å². The van der Waals surface area contributed by atoms with Crippen LogP contribution in [0.15, 0.2) is 42.6 Å². The predicted molar refractivity (Wildman–Crippen MR) is 126 cm³/mol. The van der Waals surface area contributed by atoms with Crippen molar-refractivity contribution >= 4 is 22.7 Å². The van der Waals surface area contributed by atoms with Gasteiger partial charge in [0.2, 0.25) is 0 Å². The van der Waals surface area contributed by atoms with Crippen LogP contribution in [0.1, 0.15) is 50.6 Å². The molecular formula is C26H30N4O3. The first-order valence-electron chi connectivity index (χ1n) is 11.7. The summed E-state index contributed by atoms with van der Waals surface area (Å²) in [4.78, 5) is 27.1. The first-order chi connectivity index (χ1) is 16.0. The standard InChI is InChI=1S/C26H30N4O3/c1-17-11-24-22(12-23(17)25(31)27-9-10-33-2)16-30(28-24)15-18-13-29(14-18)26(32)21-7-5-20(6-8-21)19-3-4-19/h5-8,11-12,16,18-19H,3-4,9-10,13-15H2,1-2H3,(H,27,31). The fourth-order valence-electron chi connectivity index (χ4n) is 4.54. The van der Waals surface area contributed by atoms with E-state index in [2.05, 4.69) is 17.4 Å². The van der Waals surface area contributed by atoms with Crippen molar-refractivity contribution in [1.82, 2.24) is 20.0 Å². The summed E-state index contributed by atoms with van der Waals surface area (Å²) < 4.78 is 6.93. The molecule has 2 fully saturated rings. The van der Waals surface area contributed by atoms with Crippen LogP contribution >= 0.6 is 0 Å². The quantitative estimate of drug-likeness (QED) is 0.539. The van der Waals surface area contributed by atoms with Gasteiger partial charge in [0.15, 0.2) is 0 Å². The molecule has 2 aromatic carbocycles. The number of carbonyl (C=O) groups is 2. The van der Waals surface area contributed by atoms with Crippen LogP contribution < -0.4 is 5.32 Å². The molecule has 1 saturated carbocycles. The van der Waals surface area contributed by atoms with Gasteiger partial charge in [-0.2, -0.15) is 5.10 Å². The number of benzene rings is 2. The van der Waals surface area contributed by atoms with Gasteiger partial charge in [-0.15, -0.1) is 0 Å². The monoisotopic (exact) mass is 446 g/mol. The van der Waals surface area contributed by atoms with Gasteiger partial charge in [-0.3, -0.25) is 14.3 Å². The van der Waals surface area contributed by atoms with Crippen molar-refractivity contribution in [2.45, 2.75) is 32.2 Å². The number of methoxy groups -OCH3 is 1. The Bertz CT molecular complexity index is 1170. The lowest BCUT2D eigenvalue weighted by Crippen LogP contribution is -2.51. The van der Waals surface area contributed by atoms with Crippen molar-refractivity contribution in [3.8, 4) is 0 Å². The summed E-state index contributed by atoms with van der Waals surface area (Å²) in [5.41, 5.74) is 4.56. The Morgan fingerprint density at radius 3 is 2.61 bits per heavy atom. The third-order valence-corrected chi connectivity index (χ3v) is 6.63. The van der Waals surface area contributed by atoms with Gasteiger partial charge in [0.25, 0.3) is 11.8 Å². The van der Waals surface area contributed by atoms with Crippen molar-refractivity contribution in [1.29, 1.82) is 0 Å². The molecular weight excluding hydrogens is 416 g/mol. The third-order valence-electron chi connectivity index (χ3n) is 6.63. The zero-order chi connectivity index (χ0) is 22.9. The second-order valence-electron chi connectivity index (χ2n) is 9.30. The summed E-state index contributed by atoms with van der Waals surface area (Å²) in [6.07, 6.45) is 4.53. The van der Waals surface area contributed by atoms with Crippen LogP contribution in [0.4, 0.5) is 0 Å². The average Bonchev–Trinajstić information content (AvgIpc) is 3.56. The van der Waals surface area contributed by atoms with Crippen LogP contribution in [0.2, 0.25) is 0 Å². The first-order valence-corrected chi connectivity index (χ1v) is 11.7. The molecule has 172 valence electrons. The molecule has 33 heavy (non-hydrogen) atoms. The van der Waals surface area contributed by atoms with Crippen molar-refractivity contribution in [3.05, 3.63) is 64.8 Å². The molecule has 1 aliphatic carbocycles. The van der Waals surface area contributed by atoms with E-state index in [9.17, 15) is 9.59 Å². The van der Waals surface area contributed by atoms with Gasteiger partial charge in [-0.25, -0.2) is 0 Å². The van der Waals surface area contributed by atoms with Crippen molar-refractivity contribution < 1.29 is 14.3 Å². The lowest BCUT2D eigenvalue weighted by atomic mass is 9.98. The van der Waals surface area contributed by atoms with Crippen LogP contribution in [0.5, 0.6) is 0 Å². The Morgan fingerprint density at radius 2 is 1.91 bits per heavy atom. The zero-order valence-corrected chi connectivity index (χ0v) is 19.2. The fourth-order valence-corrected chi connectivity index (χ4v) is 4.54. The van der Waals surface area contributed by atoms with Crippen molar-refractivity contribution in [2.24, 2.45) is 5.92 Å². The number of nitrogens with one attached hydrogen (secondary N) is 1. The Morgan fingerprint density at radius 1 is 1.15 bits per heavy atom. The molecule has 2 aliphatic rings. The maximum atomic E-state index is 12.8. The minimum Gasteiger partial charge on any atom is -0.383 e. The summed E-state index contributed by atoms with van der Waals surface area (Å²) in [5, 5.41) is 8.51. The number of hydrogen-bond acceptors (Lipinski definition) is 4. The van der Waals surface area contributed by atoms with Crippen LogP contribution in [-0.2, 0) is 11.3 Å². The zero-order valence-electron chi connectivity index (χ0n) is 19.2. The second kappa shape index (κ2) is 8.98. The Labute approximate surface area is 193 Å². The van der Waals surface area contributed by atoms with E-state index in [1.54, 1.807) is 7.11 Å². The molecule has 0 bridgehead atoms. The Hall–Kier alpha value is -3.19. The molecule has 1 aliphatic heterocycles. The SMILES string of the molecule is COCCNC(=O)c1cc2cn(CC3CN(C(=O)c4ccc(C5CC5)cc4)C3)nc2cc1C. The summed E-state index contributed by atoms with van der Waals surface area (Å²) in [7, 11) is 1.61. The van der Waals surface area contributed by atoms with Crippen LogP contribution in [-0.4, -0.2) is 59.8 Å². The first kappa shape index (κ1) is 21.6. The normalized spacial score (nSPS) is 16.1. The van der Waals surface area contributed by atoms with Crippen LogP contribution in [0.3, 0.4) is 0 Å². The number of likely N-dealkylation sites (tertiary alicyclic amines) is 1. The maximum Gasteiger partial charge on any atom is 0.253 e. The van der Waals surface area contributed by atoms with Crippen LogP contribution in [0.25, 0.3) is 10.9 Å². The number of amides is 2. The summed E-state index contributed by atoms with van der Waals surface area (Å²) in [6.45, 7) is 5.13. The van der Waals surface area contributed by atoms with E-state index in [0.29, 0.717) is 30.6 Å². The van der Waals surface area contributed by atoms with Gasteiger partial charge >= 0.3 is 0 Å². The molecule has 1 N–H and O–H groups in total. The number of ether oxygens (including phenoxy) is 1. The molecule has 1 aromatic heterocycles. The molecule has 0 spiro atoms. The maximum absolute atomic E-state index is 12.8. The van der Waals surface area contributed by atoms with E-state index in [0.717, 1.165) is 41.7 Å². The van der Waals surface area contributed by atoms with E-state index in [1.165, 1.54) is 18.4 Å². The molecule has 0 atom stereocenters. The number of hydrogen-bond donors (Lipinski definition) is 1. The third kappa shape index (κ3) is 4.64. The van der Waals surface area contributed by atoms with Crippen molar-refractivity contribution in [2.75, 3.05) is 33.4 Å². The van der Waals surface area contributed by atoms with E-state index in [-0.39, 0.29) is 11.8 Å².